The summed E-state index contributed by atoms with van der Waals surface area (Å²) in [5, 5.41) is 3.26. The van der Waals surface area contributed by atoms with E-state index in [-0.39, 0.29) is 30.1 Å². The summed E-state index contributed by atoms with van der Waals surface area (Å²) in [6.45, 7) is 7.66. The molecule has 6 atom stereocenters. The van der Waals surface area contributed by atoms with E-state index in [4.69, 9.17) is 9.47 Å². The normalized spacial score (nSPS) is 35.7. The molecular formula is C19H33NO3. The average molecular weight is 323 g/mol. The molecule has 0 aromatic rings. The Kier molecular flexibility index (Phi) is 5.63. The Morgan fingerprint density at radius 2 is 2.04 bits per heavy atom. The van der Waals surface area contributed by atoms with Crippen molar-refractivity contribution in [1.82, 2.24) is 5.32 Å². The highest BCUT2D eigenvalue weighted by molar-refractivity contribution is 5.81. The van der Waals surface area contributed by atoms with Crippen molar-refractivity contribution in [2.45, 2.75) is 77.5 Å². The van der Waals surface area contributed by atoms with Crippen molar-refractivity contribution in [3.63, 3.8) is 0 Å². The smallest absolute Gasteiger partial charge is 0.249 e. The van der Waals surface area contributed by atoms with Crippen molar-refractivity contribution >= 4 is 5.91 Å². The van der Waals surface area contributed by atoms with Crippen LogP contribution in [-0.2, 0) is 14.3 Å². The predicted molar refractivity (Wildman–Crippen MR) is 90.1 cm³/mol. The maximum Gasteiger partial charge on any atom is 0.249 e. The van der Waals surface area contributed by atoms with Crippen molar-refractivity contribution in [1.29, 1.82) is 0 Å². The summed E-state index contributed by atoms with van der Waals surface area (Å²) in [5.41, 5.74) is 0. The van der Waals surface area contributed by atoms with E-state index in [0.717, 1.165) is 31.3 Å². The van der Waals surface area contributed by atoms with E-state index in [9.17, 15) is 4.79 Å². The van der Waals surface area contributed by atoms with Gasteiger partial charge in [0.25, 0.3) is 0 Å². The van der Waals surface area contributed by atoms with Crippen LogP contribution in [0.5, 0.6) is 0 Å². The highest BCUT2D eigenvalue weighted by Crippen LogP contribution is 2.49. The number of hydrogen-bond acceptors (Lipinski definition) is 3. The summed E-state index contributed by atoms with van der Waals surface area (Å²) in [7, 11) is 0. The molecule has 1 aliphatic heterocycles. The van der Waals surface area contributed by atoms with Gasteiger partial charge in [0.05, 0.1) is 12.7 Å². The first-order valence-corrected chi connectivity index (χ1v) is 9.58. The second-order valence-corrected chi connectivity index (χ2v) is 8.27. The molecule has 0 unspecified atom stereocenters. The Morgan fingerprint density at radius 1 is 1.22 bits per heavy atom. The standard InChI is InChI=1S/C19H33NO3/c1-12(2)18(23-11-16-5-4-8-22-16)19(21)20-13(3)17-10-14-6-7-15(17)9-14/h12-18H,4-11H2,1-3H3,(H,20,21)/t13-,14-,15-,16-,17-,18-/m0/s1. The van der Waals surface area contributed by atoms with Crippen molar-refractivity contribution < 1.29 is 14.3 Å². The Hall–Kier alpha value is -0.610. The van der Waals surface area contributed by atoms with Gasteiger partial charge in [-0.25, -0.2) is 0 Å². The SMILES string of the molecule is CC(C)[C@H](OC[C@@H]1CCCO1)C(=O)N[C@@H](C)[C@@H]1C[C@H]2CC[C@H]1C2. The molecule has 2 saturated carbocycles. The lowest BCUT2D eigenvalue weighted by atomic mass is 9.84. The van der Waals surface area contributed by atoms with Crippen LogP contribution in [-0.4, -0.2) is 37.4 Å². The topological polar surface area (TPSA) is 47.6 Å². The summed E-state index contributed by atoms with van der Waals surface area (Å²) in [5.74, 6) is 2.67. The number of rotatable bonds is 7. The van der Waals surface area contributed by atoms with Crippen LogP contribution < -0.4 is 5.32 Å². The van der Waals surface area contributed by atoms with Crippen LogP contribution in [0.3, 0.4) is 0 Å². The monoisotopic (exact) mass is 323 g/mol. The van der Waals surface area contributed by atoms with Gasteiger partial charge in [0.2, 0.25) is 5.91 Å². The maximum absolute atomic E-state index is 12.7. The summed E-state index contributed by atoms with van der Waals surface area (Å²) in [4.78, 5) is 12.7. The fraction of sp³-hybridized carbons (Fsp3) is 0.947. The van der Waals surface area contributed by atoms with Gasteiger partial charge in [0, 0.05) is 12.6 Å². The van der Waals surface area contributed by atoms with Gasteiger partial charge in [-0.05, 0) is 62.7 Å². The first-order chi connectivity index (χ1) is 11.0. The molecule has 23 heavy (non-hydrogen) atoms. The van der Waals surface area contributed by atoms with Gasteiger partial charge in [0.1, 0.15) is 6.10 Å². The van der Waals surface area contributed by atoms with Gasteiger partial charge in [-0.3, -0.25) is 4.79 Å². The van der Waals surface area contributed by atoms with Crippen molar-refractivity contribution in [3.05, 3.63) is 0 Å². The molecule has 4 nitrogen and oxygen atoms in total. The lowest BCUT2D eigenvalue weighted by Gasteiger charge is -2.31. The molecule has 1 N–H and O–H groups in total. The van der Waals surface area contributed by atoms with E-state index in [1.807, 2.05) is 0 Å². The highest BCUT2D eigenvalue weighted by Gasteiger charge is 2.42. The summed E-state index contributed by atoms with van der Waals surface area (Å²) in [6.07, 6.45) is 7.41. The Morgan fingerprint density at radius 3 is 2.61 bits per heavy atom. The first-order valence-electron chi connectivity index (χ1n) is 9.58. The molecule has 1 saturated heterocycles. The molecule has 1 heterocycles. The molecule has 3 rings (SSSR count). The number of hydrogen-bond donors (Lipinski definition) is 1. The minimum absolute atomic E-state index is 0.0632. The van der Waals surface area contributed by atoms with E-state index < -0.39 is 0 Å². The van der Waals surface area contributed by atoms with Crippen LogP contribution in [0.4, 0.5) is 0 Å². The Balaban J connectivity index is 1.49. The van der Waals surface area contributed by atoms with Crippen LogP contribution in [0.25, 0.3) is 0 Å². The number of carbonyl (C=O) groups is 1. The average Bonchev–Trinajstić information content (AvgIpc) is 3.24. The van der Waals surface area contributed by atoms with E-state index >= 15 is 0 Å². The largest absolute Gasteiger partial charge is 0.376 e. The number of ether oxygens (including phenoxy) is 2. The molecule has 1 amide bonds. The fourth-order valence-electron chi connectivity index (χ4n) is 4.88. The quantitative estimate of drug-likeness (QED) is 0.783. The van der Waals surface area contributed by atoms with Gasteiger partial charge >= 0.3 is 0 Å². The zero-order chi connectivity index (χ0) is 16.4. The molecule has 2 aliphatic carbocycles. The maximum atomic E-state index is 12.7. The van der Waals surface area contributed by atoms with Gasteiger partial charge in [-0.15, -0.1) is 0 Å². The molecular weight excluding hydrogens is 290 g/mol. The third kappa shape index (κ3) is 4.08. The zero-order valence-electron chi connectivity index (χ0n) is 14.9. The van der Waals surface area contributed by atoms with Crippen molar-refractivity contribution in [3.8, 4) is 0 Å². The summed E-state index contributed by atoms with van der Waals surface area (Å²) < 4.78 is 11.5. The number of nitrogens with one attached hydrogen (secondary N) is 1. The van der Waals surface area contributed by atoms with Gasteiger partial charge in [-0.1, -0.05) is 20.3 Å². The second kappa shape index (κ2) is 7.52. The minimum Gasteiger partial charge on any atom is -0.376 e. The molecule has 3 fully saturated rings. The molecule has 2 bridgehead atoms. The molecule has 0 spiro atoms. The summed E-state index contributed by atoms with van der Waals surface area (Å²) >= 11 is 0. The predicted octanol–water partition coefficient (Wildman–Crippen LogP) is 3.15. The second-order valence-electron chi connectivity index (χ2n) is 8.27. The highest BCUT2D eigenvalue weighted by atomic mass is 16.5. The Bertz CT molecular complexity index is 405. The van der Waals surface area contributed by atoms with Crippen molar-refractivity contribution in [2.24, 2.45) is 23.7 Å². The van der Waals surface area contributed by atoms with Crippen LogP contribution >= 0.6 is 0 Å². The first kappa shape index (κ1) is 17.2. The number of amides is 1. The van der Waals surface area contributed by atoms with Gasteiger partial charge < -0.3 is 14.8 Å². The zero-order valence-corrected chi connectivity index (χ0v) is 14.9. The van der Waals surface area contributed by atoms with E-state index in [1.165, 1.54) is 25.7 Å². The molecule has 132 valence electrons. The van der Waals surface area contributed by atoms with Crippen LogP contribution in [0.2, 0.25) is 0 Å². The van der Waals surface area contributed by atoms with E-state index in [2.05, 4.69) is 26.1 Å². The van der Waals surface area contributed by atoms with Gasteiger partial charge in [0.15, 0.2) is 0 Å². The lowest BCUT2D eigenvalue weighted by molar-refractivity contribution is -0.139. The van der Waals surface area contributed by atoms with Crippen LogP contribution in [0.15, 0.2) is 0 Å². The summed E-state index contributed by atoms with van der Waals surface area (Å²) in [6, 6.07) is 0.269. The van der Waals surface area contributed by atoms with Crippen LogP contribution in [0.1, 0.15) is 59.3 Å². The van der Waals surface area contributed by atoms with Gasteiger partial charge in [-0.2, -0.15) is 0 Å². The molecule has 0 radical (unpaired) electrons. The molecule has 4 heteroatoms. The van der Waals surface area contributed by atoms with E-state index in [1.54, 1.807) is 0 Å². The third-order valence-electron chi connectivity index (χ3n) is 6.15. The molecule has 0 aromatic heterocycles. The number of fused-ring (bicyclic) bond motifs is 2. The number of carbonyl (C=O) groups excluding carboxylic acids is 1. The van der Waals surface area contributed by atoms with Crippen LogP contribution in [0, 0.1) is 23.7 Å². The third-order valence-corrected chi connectivity index (χ3v) is 6.15. The van der Waals surface area contributed by atoms with Crippen molar-refractivity contribution in [2.75, 3.05) is 13.2 Å². The lowest BCUT2D eigenvalue weighted by Crippen LogP contribution is -2.47. The molecule has 0 aromatic carbocycles. The molecule has 3 aliphatic rings. The van der Waals surface area contributed by atoms with E-state index in [0.29, 0.717) is 12.5 Å². The Labute approximate surface area is 140 Å². The fourth-order valence-corrected chi connectivity index (χ4v) is 4.88. The minimum atomic E-state index is -0.361.